The topological polar surface area (TPSA) is 55.4 Å². The van der Waals surface area contributed by atoms with Gasteiger partial charge in [0, 0.05) is 12.0 Å². The molecule has 0 radical (unpaired) electrons. The van der Waals surface area contributed by atoms with E-state index in [1.54, 1.807) is 0 Å². The molecule has 0 fully saturated rings. The molecule has 4 nitrogen and oxygen atoms in total. The highest BCUT2D eigenvalue weighted by molar-refractivity contribution is 6.10. The second-order valence-corrected chi connectivity index (χ2v) is 3.73. The summed E-state index contributed by atoms with van der Waals surface area (Å²) in [5.74, 6) is 0.492. The Morgan fingerprint density at radius 1 is 1.20 bits per heavy atom. The third kappa shape index (κ3) is 1.14. The number of ether oxygens (including phenoxy) is 1. The Bertz CT molecular complexity index is 479. The van der Waals surface area contributed by atoms with Gasteiger partial charge in [0.2, 0.25) is 0 Å². The van der Waals surface area contributed by atoms with E-state index in [2.05, 4.69) is 5.32 Å². The zero-order valence-corrected chi connectivity index (χ0v) is 8.00. The lowest BCUT2D eigenvalue weighted by molar-refractivity contribution is -0.118. The molecule has 0 unspecified atom stereocenters. The molecule has 1 aliphatic heterocycles. The predicted octanol–water partition coefficient (Wildman–Crippen LogP) is 1.15. The van der Waals surface area contributed by atoms with Gasteiger partial charge in [0.1, 0.15) is 5.75 Å². The van der Waals surface area contributed by atoms with E-state index in [1.807, 2.05) is 12.1 Å². The first kappa shape index (κ1) is 8.47. The summed E-state index contributed by atoms with van der Waals surface area (Å²) in [5, 5.41) is 2.71. The normalized spacial score (nSPS) is 17.9. The smallest absolute Gasteiger partial charge is 0.262 e. The van der Waals surface area contributed by atoms with Crippen molar-refractivity contribution in [2.75, 3.05) is 11.9 Å². The van der Waals surface area contributed by atoms with Crippen molar-refractivity contribution in [1.29, 1.82) is 0 Å². The van der Waals surface area contributed by atoms with Gasteiger partial charge in [0.25, 0.3) is 5.91 Å². The minimum Gasteiger partial charge on any atom is -0.482 e. The summed E-state index contributed by atoms with van der Waals surface area (Å²) < 4.78 is 5.25. The number of amides is 1. The van der Waals surface area contributed by atoms with E-state index in [9.17, 15) is 9.59 Å². The lowest BCUT2D eigenvalue weighted by Crippen LogP contribution is -2.26. The molecule has 1 aliphatic carbocycles. The molecule has 0 saturated heterocycles. The fourth-order valence-corrected chi connectivity index (χ4v) is 2.09. The number of hydrogen-bond acceptors (Lipinski definition) is 3. The van der Waals surface area contributed by atoms with Crippen LogP contribution in [0.1, 0.15) is 22.3 Å². The molecular formula is C11H9NO3. The molecule has 1 amide bonds. The summed E-state index contributed by atoms with van der Waals surface area (Å²) in [6.07, 6.45) is 1.29. The van der Waals surface area contributed by atoms with Crippen molar-refractivity contribution >= 4 is 17.4 Å². The Kier molecular flexibility index (Phi) is 1.59. The largest absolute Gasteiger partial charge is 0.482 e. The average molecular weight is 203 g/mol. The standard InChI is InChI=1S/C11H9NO3/c13-7-3-1-6-2-4-8-11(10(6)7)12-9(14)5-15-8/h2,4H,1,3,5H2,(H,12,14). The third-order valence-electron chi connectivity index (χ3n) is 2.78. The lowest BCUT2D eigenvalue weighted by atomic mass is 10.1. The minimum absolute atomic E-state index is 0.0278. The number of benzene rings is 1. The maximum atomic E-state index is 11.6. The number of ketones is 1. The van der Waals surface area contributed by atoms with Crippen LogP contribution in [0.25, 0.3) is 0 Å². The highest BCUT2D eigenvalue weighted by Crippen LogP contribution is 2.37. The quantitative estimate of drug-likeness (QED) is 0.688. The van der Waals surface area contributed by atoms with Crippen LogP contribution in [0.15, 0.2) is 12.1 Å². The van der Waals surface area contributed by atoms with E-state index in [-0.39, 0.29) is 18.3 Å². The van der Waals surface area contributed by atoms with E-state index in [0.29, 0.717) is 23.4 Å². The Labute approximate surface area is 86.2 Å². The Hall–Kier alpha value is -1.84. The second kappa shape index (κ2) is 2.82. The van der Waals surface area contributed by atoms with Gasteiger partial charge in [-0.2, -0.15) is 0 Å². The van der Waals surface area contributed by atoms with Crippen molar-refractivity contribution in [2.45, 2.75) is 12.8 Å². The van der Waals surface area contributed by atoms with E-state index < -0.39 is 0 Å². The van der Waals surface area contributed by atoms with Crippen molar-refractivity contribution in [3.63, 3.8) is 0 Å². The van der Waals surface area contributed by atoms with Crippen LogP contribution in [0.2, 0.25) is 0 Å². The summed E-state index contributed by atoms with van der Waals surface area (Å²) in [6.45, 7) is 0.0278. The minimum atomic E-state index is -0.199. The van der Waals surface area contributed by atoms with Crippen LogP contribution in [-0.4, -0.2) is 18.3 Å². The number of aryl methyl sites for hydroxylation is 1. The molecule has 3 rings (SSSR count). The van der Waals surface area contributed by atoms with E-state index in [1.165, 1.54) is 0 Å². The summed E-state index contributed by atoms with van der Waals surface area (Å²) in [6, 6.07) is 3.71. The first-order valence-corrected chi connectivity index (χ1v) is 4.87. The molecule has 0 aromatic heterocycles. The third-order valence-corrected chi connectivity index (χ3v) is 2.78. The van der Waals surface area contributed by atoms with Crippen molar-refractivity contribution in [2.24, 2.45) is 0 Å². The lowest BCUT2D eigenvalue weighted by Gasteiger charge is -2.19. The van der Waals surface area contributed by atoms with Crippen molar-refractivity contribution in [3.05, 3.63) is 23.3 Å². The molecule has 15 heavy (non-hydrogen) atoms. The number of carbonyl (C=O) groups excluding carboxylic acids is 2. The summed E-state index contributed by atoms with van der Waals surface area (Å²) in [4.78, 5) is 22.8. The fraction of sp³-hybridized carbons (Fsp3) is 0.273. The van der Waals surface area contributed by atoms with Gasteiger partial charge in [-0.3, -0.25) is 9.59 Å². The fourth-order valence-electron chi connectivity index (χ4n) is 2.09. The molecule has 1 heterocycles. The number of Topliss-reactive ketones (excluding diaryl/α,β-unsaturated/α-hetero) is 1. The van der Waals surface area contributed by atoms with Gasteiger partial charge in [-0.05, 0) is 18.1 Å². The van der Waals surface area contributed by atoms with Gasteiger partial charge in [0.15, 0.2) is 12.4 Å². The van der Waals surface area contributed by atoms with Crippen LogP contribution >= 0.6 is 0 Å². The SMILES string of the molecule is O=C1COc2ccc3c(c2N1)C(=O)CC3. The highest BCUT2D eigenvalue weighted by Gasteiger charge is 2.28. The molecule has 1 aromatic rings. The maximum Gasteiger partial charge on any atom is 0.262 e. The first-order valence-electron chi connectivity index (χ1n) is 4.87. The van der Waals surface area contributed by atoms with Crippen LogP contribution in [0.5, 0.6) is 5.75 Å². The molecule has 1 aromatic carbocycles. The van der Waals surface area contributed by atoms with Gasteiger partial charge in [-0.15, -0.1) is 0 Å². The Morgan fingerprint density at radius 3 is 2.93 bits per heavy atom. The van der Waals surface area contributed by atoms with Gasteiger partial charge in [-0.1, -0.05) is 6.07 Å². The van der Waals surface area contributed by atoms with Crippen LogP contribution in [0, 0.1) is 0 Å². The maximum absolute atomic E-state index is 11.6. The molecular weight excluding hydrogens is 194 g/mol. The molecule has 0 bridgehead atoms. The first-order chi connectivity index (χ1) is 7.25. The summed E-state index contributed by atoms with van der Waals surface area (Å²) >= 11 is 0. The van der Waals surface area contributed by atoms with Crippen LogP contribution in [-0.2, 0) is 11.2 Å². The molecule has 1 N–H and O–H groups in total. The molecule has 0 atom stereocenters. The molecule has 4 heteroatoms. The van der Waals surface area contributed by atoms with Crippen molar-refractivity contribution < 1.29 is 14.3 Å². The van der Waals surface area contributed by atoms with Crippen LogP contribution in [0.4, 0.5) is 5.69 Å². The van der Waals surface area contributed by atoms with E-state index in [0.717, 1.165) is 12.0 Å². The zero-order valence-electron chi connectivity index (χ0n) is 8.00. The number of nitrogens with one attached hydrogen (secondary N) is 1. The average Bonchev–Trinajstić information content (AvgIpc) is 2.60. The predicted molar refractivity (Wildman–Crippen MR) is 53.2 cm³/mol. The van der Waals surface area contributed by atoms with Gasteiger partial charge in [-0.25, -0.2) is 0 Å². The Balaban J connectivity index is 2.22. The van der Waals surface area contributed by atoms with Gasteiger partial charge >= 0.3 is 0 Å². The summed E-state index contributed by atoms with van der Waals surface area (Å²) in [7, 11) is 0. The van der Waals surface area contributed by atoms with Crippen LogP contribution in [0.3, 0.4) is 0 Å². The monoisotopic (exact) mass is 203 g/mol. The molecule has 0 spiro atoms. The van der Waals surface area contributed by atoms with Crippen LogP contribution < -0.4 is 10.1 Å². The summed E-state index contributed by atoms with van der Waals surface area (Å²) in [5.41, 5.74) is 2.20. The zero-order chi connectivity index (χ0) is 10.4. The number of hydrogen-bond donors (Lipinski definition) is 1. The van der Waals surface area contributed by atoms with E-state index >= 15 is 0 Å². The van der Waals surface area contributed by atoms with E-state index in [4.69, 9.17) is 4.74 Å². The van der Waals surface area contributed by atoms with Crippen molar-refractivity contribution in [1.82, 2.24) is 0 Å². The van der Waals surface area contributed by atoms with Gasteiger partial charge in [0.05, 0.1) is 5.69 Å². The second-order valence-electron chi connectivity index (χ2n) is 3.73. The number of carbonyl (C=O) groups is 2. The molecule has 2 aliphatic rings. The molecule has 0 saturated carbocycles. The number of anilines is 1. The number of rotatable bonds is 0. The Morgan fingerprint density at radius 2 is 2.07 bits per heavy atom. The van der Waals surface area contributed by atoms with Crippen molar-refractivity contribution in [3.8, 4) is 5.75 Å². The number of fused-ring (bicyclic) bond motifs is 3. The highest BCUT2D eigenvalue weighted by atomic mass is 16.5. The van der Waals surface area contributed by atoms with Gasteiger partial charge < -0.3 is 10.1 Å². The molecule has 76 valence electrons.